The number of carbonyl (C=O) groups excluding carboxylic acids is 2. The van der Waals surface area contributed by atoms with Crippen molar-refractivity contribution in [3.8, 4) is 0 Å². The minimum Gasteiger partial charge on any atom is -0.379 e. The Morgan fingerprint density at radius 2 is 1.68 bits per heavy atom. The fourth-order valence-electron chi connectivity index (χ4n) is 3.76. The number of hydrogen-bond acceptors (Lipinski definition) is 5. The molecule has 0 bridgehead atoms. The van der Waals surface area contributed by atoms with Crippen molar-refractivity contribution < 1.29 is 22.7 Å². The van der Waals surface area contributed by atoms with Gasteiger partial charge in [-0.3, -0.25) is 9.59 Å². The lowest BCUT2D eigenvalue weighted by molar-refractivity contribution is -0.117. The van der Waals surface area contributed by atoms with Gasteiger partial charge in [0, 0.05) is 37.3 Å². The summed E-state index contributed by atoms with van der Waals surface area (Å²) in [4.78, 5) is 26.8. The van der Waals surface area contributed by atoms with Crippen LogP contribution in [0.5, 0.6) is 0 Å². The van der Waals surface area contributed by atoms with Gasteiger partial charge in [-0.05, 0) is 43.3 Å². The average molecular weight is 444 g/mol. The monoisotopic (exact) mass is 443 g/mol. The maximum atomic E-state index is 12.7. The zero-order chi connectivity index (χ0) is 22.0. The van der Waals surface area contributed by atoms with Gasteiger partial charge in [-0.2, -0.15) is 4.31 Å². The first-order valence-electron chi connectivity index (χ1n) is 10.2. The van der Waals surface area contributed by atoms with E-state index in [1.165, 1.54) is 28.6 Å². The fourth-order valence-corrected chi connectivity index (χ4v) is 5.17. The number of carbonyl (C=O) groups is 2. The molecule has 2 heterocycles. The number of nitrogens with zero attached hydrogens (tertiary/aromatic N) is 2. The number of aryl methyl sites for hydroxylation is 1. The van der Waals surface area contributed by atoms with Crippen molar-refractivity contribution in [2.45, 2.75) is 24.3 Å². The van der Waals surface area contributed by atoms with Crippen LogP contribution in [0.4, 0.5) is 5.69 Å². The predicted octanol–water partition coefficient (Wildman–Crippen LogP) is 1.55. The number of nitrogens with one attached hydrogen (secondary N) is 1. The molecule has 1 N–H and O–H groups in total. The SMILES string of the molecule is Cc1ccc(N2CC(NC(=O)c3ccc(S(=O)(=O)N4CCOCC4)cc3)CC2=O)cc1. The molecule has 9 heteroatoms. The Kier molecular flexibility index (Phi) is 6.08. The summed E-state index contributed by atoms with van der Waals surface area (Å²) in [5.41, 5.74) is 2.27. The van der Waals surface area contributed by atoms with E-state index in [0.717, 1.165) is 11.3 Å². The van der Waals surface area contributed by atoms with Gasteiger partial charge in [0.2, 0.25) is 15.9 Å². The third-order valence-electron chi connectivity index (χ3n) is 5.53. The number of hydrogen-bond donors (Lipinski definition) is 1. The molecule has 2 fully saturated rings. The molecule has 8 nitrogen and oxygen atoms in total. The molecular formula is C22H25N3O5S. The van der Waals surface area contributed by atoms with E-state index in [1.54, 1.807) is 4.90 Å². The van der Waals surface area contributed by atoms with Crippen molar-refractivity contribution in [1.29, 1.82) is 0 Å². The molecule has 0 radical (unpaired) electrons. The highest BCUT2D eigenvalue weighted by atomic mass is 32.2. The molecule has 164 valence electrons. The van der Waals surface area contributed by atoms with Crippen molar-refractivity contribution >= 4 is 27.5 Å². The van der Waals surface area contributed by atoms with Gasteiger partial charge in [0.15, 0.2) is 0 Å². The molecule has 0 aromatic heterocycles. The fraction of sp³-hybridized carbons (Fsp3) is 0.364. The lowest BCUT2D eigenvalue weighted by Gasteiger charge is -2.26. The molecule has 2 aliphatic heterocycles. The van der Waals surface area contributed by atoms with E-state index in [-0.39, 0.29) is 29.2 Å². The van der Waals surface area contributed by atoms with E-state index in [4.69, 9.17) is 4.74 Å². The normalized spacial score (nSPS) is 20.1. The van der Waals surface area contributed by atoms with Crippen LogP contribution in [0.3, 0.4) is 0 Å². The molecule has 31 heavy (non-hydrogen) atoms. The molecule has 0 saturated carbocycles. The molecule has 2 aromatic rings. The van der Waals surface area contributed by atoms with E-state index in [1.807, 2.05) is 31.2 Å². The van der Waals surface area contributed by atoms with Crippen molar-refractivity contribution in [3.05, 3.63) is 59.7 Å². The topological polar surface area (TPSA) is 96.0 Å². The van der Waals surface area contributed by atoms with E-state index < -0.39 is 10.0 Å². The standard InChI is InChI=1S/C22H25N3O5S/c1-16-2-6-19(7-3-16)25-15-18(14-21(25)26)23-22(27)17-4-8-20(9-5-17)31(28,29)24-10-12-30-13-11-24/h2-9,18H,10-15H2,1H3,(H,23,27). The van der Waals surface area contributed by atoms with Gasteiger partial charge in [-0.15, -0.1) is 0 Å². The Morgan fingerprint density at radius 1 is 1.03 bits per heavy atom. The third kappa shape index (κ3) is 4.63. The summed E-state index contributed by atoms with van der Waals surface area (Å²) in [5.74, 6) is -0.375. The predicted molar refractivity (Wildman–Crippen MR) is 115 cm³/mol. The van der Waals surface area contributed by atoms with Crippen LogP contribution in [0.2, 0.25) is 0 Å². The highest BCUT2D eigenvalue weighted by Gasteiger charge is 2.32. The van der Waals surface area contributed by atoms with Gasteiger partial charge >= 0.3 is 0 Å². The zero-order valence-electron chi connectivity index (χ0n) is 17.3. The summed E-state index contributed by atoms with van der Waals surface area (Å²) in [6, 6.07) is 13.3. The summed E-state index contributed by atoms with van der Waals surface area (Å²) in [5, 5.41) is 2.88. The molecule has 2 amide bonds. The van der Waals surface area contributed by atoms with Gasteiger partial charge in [-0.1, -0.05) is 17.7 Å². The minimum absolute atomic E-state index is 0.0406. The second-order valence-corrected chi connectivity index (χ2v) is 9.69. The van der Waals surface area contributed by atoms with E-state index in [0.29, 0.717) is 38.4 Å². The van der Waals surface area contributed by atoms with Crippen LogP contribution >= 0.6 is 0 Å². The van der Waals surface area contributed by atoms with Crippen molar-refractivity contribution in [1.82, 2.24) is 9.62 Å². The lowest BCUT2D eigenvalue weighted by Crippen LogP contribution is -2.40. The van der Waals surface area contributed by atoms with Gasteiger partial charge in [-0.25, -0.2) is 8.42 Å². The summed E-state index contributed by atoms with van der Waals surface area (Å²) < 4.78 is 32.0. The van der Waals surface area contributed by atoms with Gasteiger partial charge in [0.05, 0.1) is 24.2 Å². The van der Waals surface area contributed by atoms with Crippen LogP contribution < -0.4 is 10.2 Å². The molecule has 2 aromatic carbocycles. The van der Waals surface area contributed by atoms with Crippen LogP contribution in [0.25, 0.3) is 0 Å². The summed E-state index contributed by atoms with van der Waals surface area (Å²) in [6.07, 6.45) is 0.225. The van der Waals surface area contributed by atoms with Crippen LogP contribution in [0, 0.1) is 6.92 Å². The number of ether oxygens (including phenoxy) is 1. The summed E-state index contributed by atoms with van der Waals surface area (Å²) in [7, 11) is -3.60. The highest BCUT2D eigenvalue weighted by molar-refractivity contribution is 7.89. The van der Waals surface area contributed by atoms with E-state index in [9.17, 15) is 18.0 Å². The average Bonchev–Trinajstić information content (AvgIpc) is 3.14. The van der Waals surface area contributed by atoms with Crippen LogP contribution in [0.1, 0.15) is 22.3 Å². The Labute approximate surface area is 181 Å². The minimum atomic E-state index is -3.60. The molecule has 0 spiro atoms. The molecule has 1 unspecified atom stereocenters. The van der Waals surface area contributed by atoms with Gasteiger partial charge in [0.1, 0.15) is 0 Å². The molecule has 0 aliphatic carbocycles. The number of sulfonamides is 1. The van der Waals surface area contributed by atoms with E-state index >= 15 is 0 Å². The Bertz CT molecular complexity index is 1060. The molecule has 2 saturated heterocycles. The molecular weight excluding hydrogens is 418 g/mol. The quantitative estimate of drug-likeness (QED) is 0.757. The number of anilines is 1. The second kappa shape index (κ2) is 8.78. The van der Waals surface area contributed by atoms with Crippen molar-refractivity contribution in [2.24, 2.45) is 0 Å². The Hall–Kier alpha value is -2.75. The lowest BCUT2D eigenvalue weighted by atomic mass is 10.2. The van der Waals surface area contributed by atoms with Crippen LogP contribution in [-0.4, -0.2) is 63.4 Å². The van der Waals surface area contributed by atoms with Crippen LogP contribution in [0.15, 0.2) is 53.4 Å². The zero-order valence-corrected chi connectivity index (χ0v) is 18.1. The smallest absolute Gasteiger partial charge is 0.251 e. The van der Waals surface area contributed by atoms with Gasteiger partial charge in [0.25, 0.3) is 5.91 Å². The third-order valence-corrected chi connectivity index (χ3v) is 7.44. The van der Waals surface area contributed by atoms with Crippen LogP contribution in [-0.2, 0) is 19.6 Å². The summed E-state index contributed by atoms with van der Waals surface area (Å²) >= 11 is 0. The highest BCUT2D eigenvalue weighted by Crippen LogP contribution is 2.23. The maximum absolute atomic E-state index is 12.7. The summed E-state index contributed by atoms with van der Waals surface area (Å²) in [6.45, 7) is 3.77. The molecule has 2 aliphatic rings. The number of amides is 2. The maximum Gasteiger partial charge on any atom is 0.251 e. The first-order chi connectivity index (χ1) is 14.8. The van der Waals surface area contributed by atoms with Crippen molar-refractivity contribution in [2.75, 3.05) is 37.7 Å². The Balaban J connectivity index is 1.40. The Morgan fingerprint density at radius 3 is 2.32 bits per heavy atom. The number of benzene rings is 2. The number of morpholine rings is 1. The van der Waals surface area contributed by atoms with Crippen molar-refractivity contribution in [3.63, 3.8) is 0 Å². The molecule has 1 atom stereocenters. The van der Waals surface area contributed by atoms with Gasteiger partial charge < -0.3 is 15.0 Å². The first-order valence-corrected chi connectivity index (χ1v) is 11.6. The number of rotatable bonds is 5. The first kappa shape index (κ1) is 21.5. The largest absolute Gasteiger partial charge is 0.379 e. The van der Waals surface area contributed by atoms with E-state index in [2.05, 4.69) is 5.32 Å². The second-order valence-electron chi connectivity index (χ2n) is 7.76. The molecule has 4 rings (SSSR count).